The molecule has 0 aromatic heterocycles. The van der Waals surface area contributed by atoms with Gasteiger partial charge in [0.25, 0.3) is 0 Å². The van der Waals surface area contributed by atoms with Crippen molar-refractivity contribution in [3.8, 4) is 5.75 Å². The number of unbranched alkanes of at least 4 members (excludes halogenated alkanes) is 1. The smallest absolute Gasteiger partial charge is 0.323 e. The van der Waals surface area contributed by atoms with Crippen molar-refractivity contribution < 1.29 is 14.1 Å². The predicted octanol–water partition coefficient (Wildman–Crippen LogP) is 1.77. The van der Waals surface area contributed by atoms with Crippen LogP contribution in [0.1, 0.15) is 25.3 Å². The van der Waals surface area contributed by atoms with Gasteiger partial charge in [0.15, 0.2) is 6.40 Å². The lowest BCUT2D eigenvalue weighted by Gasteiger charge is -2.10. The lowest BCUT2D eigenvalue weighted by molar-refractivity contribution is 0.309. The van der Waals surface area contributed by atoms with Crippen molar-refractivity contribution in [1.82, 2.24) is 0 Å². The van der Waals surface area contributed by atoms with Gasteiger partial charge in [-0.05, 0) is 30.5 Å². The first-order chi connectivity index (χ1) is 9.83. The fourth-order valence-electron chi connectivity index (χ4n) is 1.99. The Hall–Kier alpha value is -1.49. The minimum absolute atomic E-state index is 0.141. The van der Waals surface area contributed by atoms with Gasteiger partial charge in [0, 0.05) is 0 Å². The summed E-state index contributed by atoms with van der Waals surface area (Å²) < 4.78 is 15.9. The number of rotatable bonds is 9. The first-order valence-electron chi connectivity index (χ1n) is 7.21. The molecule has 1 aromatic rings. The Morgan fingerprint density at radius 1 is 1.45 bits per heavy atom. The van der Waals surface area contributed by atoms with Crippen molar-refractivity contribution in [2.45, 2.75) is 38.3 Å². The molecule has 1 aliphatic rings. The average Bonchev–Trinajstić information content (AvgIpc) is 3.30. The zero-order valence-corrected chi connectivity index (χ0v) is 12.2. The normalized spacial score (nSPS) is 18.9. The van der Waals surface area contributed by atoms with Crippen LogP contribution in [0.3, 0.4) is 0 Å². The maximum absolute atomic E-state index is 5.66. The monoisotopic (exact) mass is 275 g/mol. The largest absolute Gasteiger partial charge is 0.560 e. The highest BCUT2D eigenvalue weighted by Gasteiger charge is 2.32. The van der Waals surface area contributed by atoms with E-state index in [1.807, 2.05) is 12.1 Å². The predicted molar refractivity (Wildman–Crippen MR) is 82.2 cm³/mol. The van der Waals surface area contributed by atoms with E-state index in [4.69, 9.17) is 14.1 Å². The van der Waals surface area contributed by atoms with Crippen LogP contribution >= 0.6 is 0 Å². The second-order valence-electron chi connectivity index (χ2n) is 4.98. The number of hydrogen-bond donors (Lipinski definition) is 0. The Labute approximate surface area is 121 Å². The minimum Gasteiger partial charge on any atom is -0.560 e. The van der Waals surface area contributed by atoms with Gasteiger partial charge < -0.3 is 14.1 Å². The SMILES string of the molecule is BOC=N[C@@H](Cc1ccc(OCCCC)cc1)[C@H]1CO1. The molecule has 20 heavy (non-hydrogen) atoms. The zero-order chi connectivity index (χ0) is 14.2. The van der Waals surface area contributed by atoms with Gasteiger partial charge in [-0.2, -0.15) is 0 Å². The van der Waals surface area contributed by atoms with E-state index in [2.05, 4.69) is 24.0 Å². The zero-order valence-electron chi connectivity index (χ0n) is 12.2. The number of epoxide rings is 1. The molecule has 2 atom stereocenters. The number of nitrogens with zero attached hydrogens (tertiary/aromatic N) is 1. The van der Waals surface area contributed by atoms with Crippen LogP contribution in [0.2, 0.25) is 0 Å². The van der Waals surface area contributed by atoms with Crippen LogP contribution in [-0.2, 0) is 15.8 Å². The molecule has 1 fully saturated rings. The molecule has 4 nitrogen and oxygen atoms in total. The summed E-state index contributed by atoms with van der Waals surface area (Å²) in [5.41, 5.74) is 1.24. The Kier molecular flexibility index (Phi) is 5.93. The standard InChI is InChI=1S/C15H22BNO3/c1-2-3-8-18-13-6-4-12(5-7-13)9-14(15-10-19-15)17-11-20-16/h4-7,11,14-15H,2-3,8-10,16H2,1H3/t14-,15+/m0/s1. The molecule has 0 spiro atoms. The molecule has 2 rings (SSSR count). The third kappa shape index (κ3) is 4.89. The molecule has 0 bridgehead atoms. The van der Waals surface area contributed by atoms with E-state index in [-0.39, 0.29) is 12.1 Å². The second kappa shape index (κ2) is 7.95. The van der Waals surface area contributed by atoms with E-state index in [1.54, 1.807) is 8.05 Å². The lowest BCUT2D eigenvalue weighted by atomic mass is 10.0. The quantitative estimate of drug-likeness (QED) is 0.227. The van der Waals surface area contributed by atoms with Crippen molar-refractivity contribution >= 4 is 14.4 Å². The molecule has 108 valence electrons. The van der Waals surface area contributed by atoms with E-state index in [1.165, 1.54) is 12.0 Å². The summed E-state index contributed by atoms with van der Waals surface area (Å²) in [5.74, 6) is 0.932. The number of hydrogen-bond acceptors (Lipinski definition) is 4. The third-order valence-electron chi connectivity index (χ3n) is 3.28. The summed E-state index contributed by atoms with van der Waals surface area (Å²) in [7, 11) is 1.61. The highest BCUT2D eigenvalue weighted by atomic mass is 16.6. The van der Waals surface area contributed by atoms with E-state index < -0.39 is 0 Å². The molecule has 0 radical (unpaired) electrons. The fourth-order valence-corrected chi connectivity index (χ4v) is 1.99. The van der Waals surface area contributed by atoms with Crippen molar-refractivity contribution in [3.05, 3.63) is 29.8 Å². The molecule has 0 saturated carbocycles. The van der Waals surface area contributed by atoms with Gasteiger partial charge >= 0.3 is 8.05 Å². The van der Waals surface area contributed by atoms with Crippen molar-refractivity contribution in [3.63, 3.8) is 0 Å². The average molecular weight is 275 g/mol. The molecule has 1 saturated heterocycles. The Morgan fingerprint density at radius 2 is 2.20 bits per heavy atom. The van der Waals surface area contributed by atoms with Crippen molar-refractivity contribution in [2.75, 3.05) is 13.2 Å². The van der Waals surface area contributed by atoms with Crippen molar-refractivity contribution in [1.29, 1.82) is 0 Å². The van der Waals surface area contributed by atoms with Gasteiger partial charge in [0.05, 0.1) is 19.3 Å². The van der Waals surface area contributed by atoms with Gasteiger partial charge in [0.2, 0.25) is 0 Å². The number of aliphatic imine (C=N–C) groups is 1. The molecule has 1 aromatic carbocycles. The Morgan fingerprint density at radius 3 is 2.80 bits per heavy atom. The molecular formula is C15H22BNO3. The highest BCUT2D eigenvalue weighted by Crippen LogP contribution is 2.22. The molecule has 5 heteroatoms. The molecular weight excluding hydrogens is 253 g/mol. The van der Waals surface area contributed by atoms with Crippen LogP contribution < -0.4 is 4.74 Å². The summed E-state index contributed by atoms with van der Waals surface area (Å²) in [4.78, 5) is 4.38. The van der Waals surface area contributed by atoms with Crippen LogP contribution in [0.4, 0.5) is 0 Å². The number of benzene rings is 1. The van der Waals surface area contributed by atoms with Crippen LogP contribution in [0.15, 0.2) is 29.3 Å². The van der Waals surface area contributed by atoms with E-state index >= 15 is 0 Å². The summed E-state index contributed by atoms with van der Waals surface area (Å²) in [6.45, 7) is 3.74. The van der Waals surface area contributed by atoms with Gasteiger partial charge in [0.1, 0.15) is 11.9 Å². The number of ether oxygens (including phenoxy) is 2. The lowest BCUT2D eigenvalue weighted by Crippen LogP contribution is -2.16. The minimum atomic E-state index is 0.141. The molecule has 0 N–H and O–H groups in total. The summed E-state index contributed by atoms with van der Waals surface area (Å²) in [6, 6.07) is 8.38. The molecule has 0 amide bonds. The van der Waals surface area contributed by atoms with E-state index in [0.717, 1.165) is 38.2 Å². The van der Waals surface area contributed by atoms with Crippen LogP contribution in [0.25, 0.3) is 0 Å². The summed E-state index contributed by atoms with van der Waals surface area (Å²) in [5, 5.41) is 0. The fraction of sp³-hybridized carbons (Fsp3) is 0.533. The van der Waals surface area contributed by atoms with Crippen molar-refractivity contribution in [2.24, 2.45) is 4.99 Å². The van der Waals surface area contributed by atoms with Gasteiger partial charge in [-0.1, -0.05) is 25.5 Å². The molecule has 1 heterocycles. The first kappa shape index (κ1) is 14.9. The molecule has 0 unspecified atom stereocenters. The second-order valence-corrected chi connectivity index (χ2v) is 4.98. The third-order valence-corrected chi connectivity index (χ3v) is 3.28. The van der Waals surface area contributed by atoms with Gasteiger partial charge in [-0.3, -0.25) is 4.99 Å². The first-order valence-corrected chi connectivity index (χ1v) is 7.21. The molecule has 0 aliphatic carbocycles. The summed E-state index contributed by atoms with van der Waals surface area (Å²) in [6.07, 6.45) is 4.84. The van der Waals surface area contributed by atoms with Crippen LogP contribution in [-0.4, -0.2) is 39.8 Å². The maximum atomic E-state index is 5.66. The highest BCUT2D eigenvalue weighted by molar-refractivity contribution is 6.02. The molecule has 1 aliphatic heterocycles. The summed E-state index contributed by atoms with van der Waals surface area (Å²) >= 11 is 0. The van der Waals surface area contributed by atoms with E-state index in [0.29, 0.717) is 0 Å². The van der Waals surface area contributed by atoms with Crippen LogP contribution in [0, 0.1) is 0 Å². The van der Waals surface area contributed by atoms with Gasteiger partial charge in [-0.15, -0.1) is 0 Å². The maximum Gasteiger partial charge on any atom is 0.323 e. The van der Waals surface area contributed by atoms with Gasteiger partial charge in [-0.25, -0.2) is 0 Å². The Bertz CT molecular complexity index is 418. The van der Waals surface area contributed by atoms with Crippen LogP contribution in [0.5, 0.6) is 5.75 Å². The Balaban J connectivity index is 1.86. The topological polar surface area (TPSA) is 43.4 Å². The van der Waals surface area contributed by atoms with E-state index in [9.17, 15) is 0 Å².